The topological polar surface area (TPSA) is 65.9 Å². The molecule has 0 aliphatic heterocycles. The van der Waals surface area contributed by atoms with Gasteiger partial charge >= 0.3 is 0 Å². The van der Waals surface area contributed by atoms with Gasteiger partial charge in [0.15, 0.2) is 5.96 Å². The molecule has 0 spiro atoms. The summed E-state index contributed by atoms with van der Waals surface area (Å²) in [5.41, 5.74) is 3.22. The van der Waals surface area contributed by atoms with Crippen LogP contribution in [0.15, 0.2) is 53.5 Å². The van der Waals surface area contributed by atoms with E-state index in [-0.39, 0.29) is 24.0 Å². The molecule has 6 heteroatoms. The van der Waals surface area contributed by atoms with Crippen LogP contribution in [-0.4, -0.2) is 31.3 Å². The summed E-state index contributed by atoms with van der Waals surface area (Å²) in [5, 5.41) is 16.7. The molecular formula is C20H28IN3O2. The van der Waals surface area contributed by atoms with Crippen molar-refractivity contribution < 1.29 is 9.84 Å². The van der Waals surface area contributed by atoms with Crippen LogP contribution in [0.3, 0.4) is 0 Å². The van der Waals surface area contributed by atoms with Crippen LogP contribution in [-0.2, 0) is 6.54 Å². The maximum absolute atomic E-state index is 10.3. The van der Waals surface area contributed by atoms with Gasteiger partial charge in [-0.1, -0.05) is 42.0 Å². The summed E-state index contributed by atoms with van der Waals surface area (Å²) in [6, 6.07) is 15.7. The second-order valence-electron chi connectivity index (χ2n) is 5.85. The van der Waals surface area contributed by atoms with Crippen molar-refractivity contribution in [3.8, 4) is 5.75 Å². The molecule has 0 fully saturated rings. The minimum absolute atomic E-state index is 0. The number of guanidine groups is 1. The smallest absolute Gasteiger partial charge is 0.191 e. The van der Waals surface area contributed by atoms with E-state index >= 15 is 0 Å². The van der Waals surface area contributed by atoms with E-state index in [1.807, 2.05) is 31.2 Å². The number of nitrogens with one attached hydrogen (secondary N) is 2. The largest absolute Gasteiger partial charge is 0.497 e. The summed E-state index contributed by atoms with van der Waals surface area (Å²) in [7, 11) is 1.63. The number of aliphatic imine (C=N–C) groups is 1. The van der Waals surface area contributed by atoms with Crippen molar-refractivity contribution in [3.63, 3.8) is 0 Å². The van der Waals surface area contributed by atoms with Crippen molar-refractivity contribution in [1.29, 1.82) is 0 Å². The van der Waals surface area contributed by atoms with Crippen molar-refractivity contribution in [3.05, 3.63) is 65.2 Å². The van der Waals surface area contributed by atoms with Gasteiger partial charge < -0.3 is 20.5 Å². The first-order valence-electron chi connectivity index (χ1n) is 8.52. The molecule has 2 aromatic carbocycles. The molecule has 0 bridgehead atoms. The molecule has 26 heavy (non-hydrogen) atoms. The standard InChI is InChI=1S/C20H27N3O2.HI/c1-4-21-20(22-13-16-7-5-15(2)6-8-16)23-14-19(24)17-9-11-18(25-3)12-10-17;/h5-12,19,24H,4,13-14H2,1-3H3,(H2,21,22,23);1H. The Morgan fingerprint density at radius 3 is 2.31 bits per heavy atom. The fraction of sp³-hybridized carbons (Fsp3) is 0.350. The van der Waals surface area contributed by atoms with E-state index in [0.29, 0.717) is 19.0 Å². The predicted octanol–water partition coefficient (Wildman–Crippen LogP) is 3.41. The van der Waals surface area contributed by atoms with E-state index in [9.17, 15) is 5.11 Å². The second kappa shape index (κ2) is 11.7. The van der Waals surface area contributed by atoms with Crippen molar-refractivity contribution in [2.24, 2.45) is 4.99 Å². The van der Waals surface area contributed by atoms with Crippen LogP contribution >= 0.6 is 24.0 Å². The molecule has 0 saturated carbocycles. The zero-order valence-electron chi connectivity index (χ0n) is 15.5. The minimum Gasteiger partial charge on any atom is -0.497 e. The molecule has 0 aliphatic rings. The van der Waals surface area contributed by atoms with Crippen LogP contribution in [0.25, 0.3) is 0 Å². The van der Waals surface area contributed by atoms with Gasteiger partial charge in [0.1, 0.15) is 5.75 Å². The molecule has 0 amide bonds. The van der Waals surface area contributed by atoms with E-state index in [2.05, 4.69) is 46.8 Å². The monoisotopic (exact) mass is 469 g/mol. The fourth-order valence-corrected chi connectivity index (χ4v) is 2.34. The lowest BCUT2D eigenvalue weighted by atomic mass is 10.1. The number of hydrogen-bond donors (Lipinski definition) is 3. The highest BCUT2D eigenvalue weighted by Gasteiger charge is 2.08. The van der Waals surface area contributed by atoms with Crippen LogP contribution in [0.2, 0.25) is 0 Å². The third kappa shape index (κ3) is 7.21. The normalized spacial score (nSPS) is 12.1. The molecule has 5 nitrogen and oxygen atoms in total. The first-order chi connectivity index (χ1) is 12.1. The summed E-state index contributed by atoms with van der Waals surface area (Å²) in [6.07, 6.45) is -0.617. The average molecular weight is 469 g/mol. The Labute approximate surface area is 172 Å². The number of hydrogen-bond acceptors (Lipinski definition) is 3. The molecule has 0 heterocycles. The van der Waals surface area contributed by atoms with Gasteiger partial charge in [0.2, 0.25) is 0 Å². The van der Waals surface area contributed by atoms with E-state index < -0.39 is 6.10 Å². The van der Waals surface area contributed by atoms with Gasteiger partial charge in [0.25, 0.3) is 0 Å². The van der Waals surface area contributed by atoms with Crippen LogP contribution < -0.4 is 15.4 Å². The SMILES string of the molecule is CCNC(=NCc1ccc(C)cc1)NCC(O)c1ccc(OC)cc1.I. The highest BCUT2D eigenvalue weighted by Crippen LogP contribution is 2.16. The molecule has 0 saturated heterocycles. The molecule has 3 N–H and O–H groups in total. The fourth-order valence-electron chi connectivity index (χ4n) is 2.34. The average Bonchev–Trinajstić information content (AvgIpc) is 2.65. The number of halogens is 1. The Kier molecular flexibility index (Phi) is 10.0. The number of aliphatic hydroxyl groups is 1. The summed E-state index contributed by atoms with van der Waals surface area (Å²) in [5.74, 6) is 1.47. The third-order valence-corrected chi connectivity index (χ3v) is 3.85. The van der Waals surface area contributed by atoms with Gasteiger partial charge in [0.05, 0.1) is 19.8 Å². The zero-order chi connectivity index (χ0) is 18.1. The van der Waals surface area contributed by atoms with Crippen LogP contribution in [0.5, 0.6) is 5.75 Å². The second-order valence-corrected chi connectivity index (χ2v) is 5.85. The Bertz CT molecular complexity index is 672. The van der Waals surface area contributed by atoms with E-state index in [0.717, 1.165) is 23.4 Å². The van der Waals surface area contributed by atoms with Gasteiger partial charge in [-0.05, 0) is 37.1 Å². The van der Waals surface area contributed by atoms with Gasteiger partial charge in [0, 0.05) is 13.1 Å². The summed E-state index contributed by atoms with van der Waals surface area (Å²) in [4.78, 5) is 4.57. The molecular weight excluding hydrogens is 441 g/mol. The molecule has 1 unspecified atom stereocenters. The highest BCUT2D eigenvalue weighted by molar-refractivity contribution is 14.0. The summed E-state index contributed by atoms with van der Waals surface area (Å²) in [6.45, 7) is 5.82. The molecule has 2 rings (SSSR count). The number of methoxy groups -OCH3 is 1. The van der Waals surface area contributed by atoms with E-state index in [4.69, 9.17) is 4.74 Å². The minimum atomic E-state index is -0.617. The lowest BCUT2D eigenvalue weighted by Gasteiger charge is -2.16. The number of benzene rings is 2. The quantitative estimate of drug-likeness (QED) is 0.331. The molecule has 1 atom stereocenters. The maximum atomic E-state index is 10.3. The molecule has 0 aromatic heterocycles. The predicted molar refractivity (Wildman–Crippen MR) is 117 cm³/mol. The number of ether oxygens (including phenoxy) is 1. The van der Waals surface area contributed by atoms with Crippen molar-refractivity contribution in [2.75, 3.05) is 20.2 Å². The van der Waals surface area contributed by atoms with Crippen molar-refractivity contribution in [2.45, 2.75) is 26.5 Å². The van der Waals surface area contributed by atoms with Crippen molar-refractivity contribution >= 4 is 29.9 Å². The maximum Gasteiger partial charge on any atom is 0.191 e. The lowest BCUT2D eigenvalue weighted by molar-refractivity contribution is 0.180. The molecule has 0 radical (unpaired) electrons. The number of aryl methyl sites for hydroxylation is 1. The summed E-state index contributed by atoms with van der Waals surface area (Å²) < 4.78 is 5.13. The van der Waals surface area contributed by atoms with Crippen LogP contribution in [0.4, 0.5) is 0 Å². The van der Waals surface area contributed by atoms with Gasteiger partial charge in [-0.15, -0.1) is 24.0 Å². The Morgan fingerprint density at radius 1 is 1.08 bits per heavy atom. The van der Waals surface area contributed by atoms with E-state index in [1.165, 1.54) is 5.56 Å². The third-order valence-electron chi connectivity index (χ3n) is 3.85. The number of rotatable bonds is 7. The van der Waals surface area contributed by atoms with Gasteiger partial charge in [-0.2, -0.15) is 0 Å². The number of nitrogens with zero attached hydrogens (tertiary/aromatic N) is 1. The highest BCUT2D eigenvalue weighted by atomic mass is 127. The Balaban J connectivity index is 0.00000338. The molecule has 142 valence electrons. The molecule has 2 aromatic rings. The summed E-state index contributed by atoms with van der Waals surface area (Å²) >= 11 is 0. The van der Waals surface area contributed by atoms with Crippen molar-refractivity contribution in [1.82, 2.24) is 10.6 Å². The first kappa shape index (κ1) is 22.2. The molecule has 0 aliphatic carbocycles. The first-order valence-corrected chi connectivity index (χ1v) is 8.52. The zero-order valence-corrected chi connectivity index (χ0v) is 17.9. The lowest BCUT2D eigenvalue weighted by Crippen LogP contribution is -2.39. The Morgan fingerprint density at radius 2 is 1.73 bits per heavy atom. The van der Waals surface area contributed by atoms with Crippen LogP contribution in [0.1, 0.15) is 29.7 Å². The number of aliphatic hydroxyl groups excluding tert-OH is 1. The van der Waals surface area contributed by atoms with E-state index in [1.54, 1.807) is 7.11 Å². The van der Waals surface area contributed by atoms with Gasteiger partial charge in [-0.25, -0.2) is 4.99 Å². The van der Waals surface area contributed by atoms with Crippen LogP contribution in [0, 0.1) is 6.92 Å². The van der Waals surface area contributed by atoms with Gasteiger partial charge in [-0.3, -0.25) is 0 Å². The Hall–Kier alpha value is -1.80.